The monoisotopic (exact) mass is 1270 g/mol. The van der Waals surface area contributed by atoms with Crippen LogP contribution in [0.3, 0.4) is 0 Å². The van der Waals surface area contributed by atoms with E-state index in [1.807, 2.05) is 0 Å². The molecule has 5 atom stereocenters. The molecule has 5 aliphatic carbocycles. The van der Waals surface area contributed by atoms with Gasteiger partial charge < -0.3 is 0 Å². The maximum absolute atomic E-state index is 2.61. The molecule has 5 fully saturated rings. The van der Waals surface area contributed by atoms with Crippen LogP contribution in [0.25, 0.3) is 0 Å². The van der Waals surface area contributed by atoms with E-state index in [1.165, 1.54) is 263 Å². The normalized spacial score (nSPS) is 27.4. The second-order valence-electron chi connectivity index (χ2n) is 34.5. The summed E-state index contributed by atoms with van der Waals surface area (Å²) in [7, 11) is 0. The van der Waals surface area contributed by atoms with Crippen LogP contribution < -0.4 is 0 Å². The first kappa shape index (κ1) is 81.7. The van der Waals surface area contributed by atoms with Gasteiger partial charge in [-0.15, -0.1) is 0 Å². The third-order valence-corrected chi connectivity index (χ3v) is 28.6. The average Bonchev–Trinajstić information content (AvgIpc) is 0.922. The van der Waals surface area contributed by atoms with Gasteiger partial charge in [-0.25, -0.2) is 0 Å². The van der Waals surface area contributed by atoms with Gasteiger partial charge in [-0.05, 0) is 153 Å². The van der Waals surface area contributed by atoms with Crippen LogP contribution in [0.15, 0.2) is 0 Å². The summed E-state index contributed by atoms with van der Waals surface area (Å²) in [6.45, 7) is 15.0. The Morgan fingerprint density at radius 1 is 0.176 bits per heavy atom. The molecule has 0 aromatic carbocycles. The van der Waals surface area contributed by atoms with Crippen molar-refractivity contribution in [1.29, 1.82) is 0 Å². The molecular weight excluding hydrogens is 1090 g/mol. The first-order valence-electron chi connectivity index (χ1n) is 45.0. The summed E-state index contributed by atoms with van der Waals surface area (Å²) in [6, 6.07) is 0. The zero-order valence-electron chi connectivity index (χ0n) is 64.5. The molecule has 0 N–H and O–H groups in total. The molecule has 0 aromatic rings. The van der Waals surface area contributed by atoms with Crippen LogP contribution in [0.4, 0.5) is 0 Å². The number of hydrogen-bond acceptors (Lipinski definition) is 0. The lowest BCUT2D eigenvalue weighted by atomic mass is 9.26. The second kappa shape index (κ2) is 51.2. The smallest absolute Gasteiger partial charge is 0.0143 e. The fourth-order valence-electron chi connectivity index (χ4n) is 24.4. The topological polar surface area (TPSA) is 0 Å². The number of hydrogen-bond donors (Lipinski definition) is 0. The van der Waals surface area contributed by atoms with Crippen LogP contribution >= 0.6 is 0 Å². The van der Waals surface area contributed by atoms with Crippen LogP contribution in [0.5, 0.6) is 0 Å². The molecule has 5 saturated carbocycles. The van der Waals surface area contributed by atoms with E-state index in [9.17, 15) is 0 Å². The second-order valence-corrected chi connectivity index (χ2v) is 34.5. The molecule has 538 valence electrons. The molecule has 0 amide bonds. The summed E-state index contributed by atoms with van der Waals surface area (Å²) >= 11 is 0. The van der Waals surface area contributed by atoms with Gasteiger partial charge in [-0.2, -0.15) is 0 Å². The minimum atomic E-state index is 0.390. The van der Waals surface area contributed by atoms with E-state index in [2.05, 4.69) is 41.5 Å². The SMILES string of the molecule is CCCCCCCCCCCCC1(C2CCCCCCCCC2)CCCCCCCC(CCCCC)(C2CCCC2)C(CCCCCC)(C2CCCCC2)C(CCCCCCCC)(C2CCCCCCC2)C1(CCCCCCCCC)CCCCCCCCCC. The molecule has 0 heterocycles. The van der Waals surface area contributed by atoms with Gasteiger partial charge in [0.1, 0.15) is 0 Å². The zero-order valence-corrected chi connectivity index (χ0v) is 64.5. The van der Waals surface area contributed by atoms with Gasteiger partial charge in [-0.3, -0.25) is 0 Å². The highest BCUT2D eigenvalue weighted by Gasteiger charge is 2.76. The van der Waals surface area contributed by atoms with E-state index in [0.29, 0.717) is 27.1 Å². The fraction of sp³-hybridized carbons (Fsp3) is 1.00. The van der Waals surface area contributed by atoms with Gasteiger partial charge in [0.25, 0.3) is 0 Å². The highest BCUT2D eigenvalue weighted by atomic mass is 14.8. The molecule has 0 spiro atoms. The van der Waals surface area contributed by atoms with Crippen molar-refractivity contribution in [3.8, 4) is 0 Å². The molecule has 0 heteroatoms. The third-order valence-electron chi connectivity index (χ3n) is 28.6. The standard InChI is InChI=1S/C91H174/c1-7-13-19-24-28-30-31-36-44-60-75-87(83-67-51-40-33-32-34-41-52-68-83)76-61-45-39-46-62-78-88(77-59-18-12-6,84-69-57-58-70-84)90(81-65-23-17-11-5,85-71-55-50-56-72-85)91(82-66-49-27-22-16-10-4,86-73-53-42-38-43-54-74-86)89(87,79-63-47-35-26-21-15-9-3)80-64-48-37-29-25-20-14-8-2/h83-86H,7-82H2,1-6H3. The van der Waals surface area contributed by atoms with E-state index in [1.54, 1.807) is 225 Å². The Morgan fingerprint density at radius 3 is 0.769 bits per heavy atom. The molecule has 0 saturated heterocycles. The van der Waals surface area contributed by atoms with Crippen LogP contribution in [0.2, 0.25) is 0 Å². The predicted octanol–water partition coefficient (Wildman–Crippen LogP) is 33.2. The Balaban J connectivity index is 2.10. The van der Waals surface area contributed by atoms with Gasteiger partial charge in [-0.1, -0.05) is 427 Å². The average molecular weight is 1270 g/mol. The summed E-state index contributed by atoms with van der Waals surface area (Å²) in [5.41, 5.74) is 2.11. The molecule has 0 aromatic heterocycles. The van der Waals surface area contributed by atoms with Crippen molar-refractivity contribution in [2.75, 3.05) is 0 Å². The summed E-state index contributed by atoms with van der Waals surface area (Å²) in [4.78, 5) is 0. The van der Waals surface area contributed by atoms with Gasteiger partial charge in [0.2, 0.25) is 0 Å². The Kier molecular flexibility index (Phi) is 46.0. The highest BCUT2D eigenvalue weighted by Crippen LogP contribution is 2.83. The Labute approximate surface area is 577 Å². The van der Waals surface area contributed by atoms with Crippen LogP contribution in [-0.4, -0.2) is 0 Å². The number of unbranched alkanes of at least 4 members (excludes halogenated alkanes) is 32. The molecule has 5 unspecified atom stereocenters. The van der Waals surface area contributed by atoms with Crippen molar-refractivity contribution < 1.29 is 0 Å². The van der Waals surface area contributed by atoms with Gasteiger partial charge in [0, 0.05) is 0 Å². The molecule has 0 radical (unpaired) electrons. The molecule has 0 aliphatic heterocycles. The van der Waals surface area contributed by atoms with Crippen LogP contribution in [0.1, 0.15) is 530 Å². The zero-order chi connectivity index (χ0) is 64.5. The fourth-order valence-corrected chi connectivity index (χ4v) is 24.4. The van der Waals surface area contributed by atoms with Crippen molar-refractivity contribution >= 4 is 0 Å². The molecule has 5 rings (SSSR count). The highest BCUT2D eigenvalue weighted by molar-refractivity contribution is 5.24. The van der Waals surface area contributed by atoms with Crippen molar-refractivity contribution in [3.05, 3.63) is 0 Å². The third kappa shape index (κ3) is 25.6. The molecule has 0 bridgehead atoms. The lowest BCUT2D eigenvalue weighted by Crippen LogP contribution is -2.72. The molecular formula is C91H174. The van der Waals surface area contributed by atoms with Gasteiger partial charge in [0.15, 0.2) is 0 Å². The van der Waals surface area contributed by atoms with Gasteiger partial charge >= 0.3 is 0 Å². The maximum atomic E-state index is 2.61. The quantitative estimate of drug-likeness (QED) is 0.0533. The van der Waals surface area contributed by atoms with E-state index >= 15 is 0 Å². The summed E-state index contributed by atoms with van der Waals surface area (Å²) in [5.74, 6) is 3.73. The first-order chi connectivity index (χ1) is 45.0. The first-order valence-corrected chi connectivity index (χ1v) is 45.0. The maximum Gasteiger partial charge on any atom is -0.0143 e. The van der Waals surface area contributed by atoms with E-state index in [4.69, 9.17) is 0 Å². The predicted molar refractivity (Wildman–Crippen MR) is 411 cm³/mol. The van der Waals surface area contributed by atoms with Crippen LogP contribution in [-0.2, 0) is 0 Å². The molecule has 0 nitrogen and oxygen atoms in total. The lowest BCUT2D eigenvalue weighted by molar-refractivity contribution is -0.303. The van der Waals surface area contributed by atoms with Crippen molar-refractivity contribution in [2.45, 2.75) is 530 Å². The Morgan fingerprint density at radius 2 is 0.385 bits per heavy atom. The van der Waals surface area contributed by atoms with Crippen molar-refractivity contribution in [1.82, 2.24) is 0 Å². The number of rotatable bonds is 48. The lowest BCUT2D eigenvalue weighted by Gasteiger charge is -2.78. The van der Waals surface area contributed by atoms with Crippen LogP contribution in [0, 0.1) is 50.7 Å². The summed E-state index contributed by atoms with van der Waals surface area (Å²) < 4.78 is 0. The largest absolute Gasteiger partial charge is 0.0654 e. The van der Waals surface area contributed by atoms with E-state index in [0.717, 1.165) is 23.7 Å². The van der Waals surface area contributed by atoms with E-state index in [-0.39, 0.29) is 0 Å². The van der Waals surface area contributed by atoms with E-state index < -0.39 is 0 Å². The van der Waals surface area contributed by atoms with Crippen molar-refractivity contribution in [3.63, 3.8) is 0 Å². The summed E-state index contributed by atoms with van der Waals surface area (Å²) in [6.07, 6.45) is 117. The minimum absolute atomic E-state index is 0.390. The minimum Gasteiger partial charge on any atom is -0.0654 e. The summed E-state index contributed by atoms with van der Waals surface area (Å²) in [5, 5.41) is 0. The molecule has 91 heavy (non-hydrogen) atoms. The van der Waals surface area contributed by atoms with Gasteiger partial charge in [0.05, 0.1) is 0 Å². The Hall–Kier alpha value is 0. The Bertz CT molecular complexity index is 1590. The molecule has 5 aliphatic rings. The van der Waals surface area contributed by atoms with Crippen molar-refractivity contribution in [2.24, 2.45) is 50.7 Å².